The van der Waals surface area contributed by atoms with Gasteiger partial charge in [0.1, 0.15) is 0 Å². The maximum absolute atomic E-state index is 5.74. The normalized spacial score (nSPS) is 18.8. The van der Waals surface area contributed by atoms with Crippen LogP contribution in [0.3, 0.4) is 0 Å². The van der Waals surface area contributed by atoms with Crippen molar-refractivity contribution in [2.75, 3.05) is 20.3 Å². The Morgan fingerprint density at radius 3 is 2.79 bits per heavy atom. The van der Waals surface area contributed by atoms with Gasteiger partial charge in [0.05, 0.1) is 17.8 Å². The van der Waals surface area contributed by atoms with Gasteiger partial charge in [-0.15, -0.1) is 0 Å². The molecule has 1 aliphatic rings. The van der Waals surface area contributed by atoms with E-state index in [-0.39, 0.29) is 12.1 Å². The fourth-order valence-electron chi connectivity index (χ4n) is 4.00. The fourth-order valence-corrected chi connectivity index (χ4v) is 4.33. The minimum absolute atomic E-state index is 0.00953. The van der Waals surface area contributed by atoms with E-state index in [4.69, 9.17) is 17.0 Å². The van der Waals surface area contributed by atoms with Crippen LogP contribution in [0.15, 0.2) is 67.0 Å². The number of rotatable bonds is 7. The Bertz CT molecular complexity index is 972. The molecule has 29 heavy (non-hydrogen) atoms. The number of ether oxygens (including phenoxy) is 1. The van der Waals surface area contributed by atoms with E-state index in [9.17, 15) is 0 Å². The van der Waals surface area contributed by atoms with Gasteiger partial charge < -0.3 is 19.5 Å². The first-order valence-corrected chi connectivity index (χ1v) is 10.3. The number of benzene rings is 1. The van der Waals surface area contributed by atoms with Crippen molar-refractivity contribution in [3.63, 3.8) is 0 Å². The number of hydrogen-bond acceptors (Lipinski definition) is 3. The fraction of sp³-hybridized carbons (Fsp3) is 0.304. The van der Waals surface area contributed by atoms with Crippen LogP contribution in [0.25, 0.3) is 5.69 Å². The molecule has 0 radical (unpaired) electrons. The van der Waals surface area contributed by atoms with E-state index in [1.54, 1.807) is 7.11 Å². The Labute approximate surface area is 177 Å². The summed E-state index contributed by atoms with van der Waals surface area (Å²) in [5, 5.41) is 4.28. The second-order valence-corrected chi connectivity index (χ2v) is 7.70. The van der Waals surface area contributed by atoms with Crippen molar-refractivity contribution in [1.29, 1.82) is 0 Å². The summed E-state index contributed by atoms with van der Waals surface area (Å²) in [5.41, 5.74) is 4.57. The van der Waals surface area contributed by atoms with Crippen LogP contribution >= 0.6 is 12.2 Å². The van der Waals surface area contributed by atoms with Crippen LogP contribution in [0.2, 0.25) is 0 Å². The van der Waals surface area contributed by atoms with Gasteiger partial charge in [-0.05, 0) is 67.5 Å². The zero-order valence-corrected chi connectivity index (χ0v) is 17.6. The molecule has 2 aromatic heterocycles. The van der Waals surface area contributed by atoms with Crippen molar-refractivity contribution >= 4 is 17.3 Å². The smallest absolute Gasteiger partial charge is 0.170 e. The number of nitrogens with one attached hydrogen (secondary N) is 1. The predicted octanol–water partition coefficient (Wildman–Crippen LogP) is 4.19. The molecule has 5 nitrogen and oxygen atoms in total. The topological polar surface area (TPSA) is 42.3 Å². The molecule has 0 aliphatic carbocycles. The molecule has 2 atom stereocenters. The average molecular weight is 407 g/mol. The summed E-state index contributed by atoms with van der Waals surface area (Å²) in [5.74, 6) is 0. The molecule has 0 amide bonds. The van der Waals surface area contributed by atoms with Crippen molar-refractivity contribution in [1.82, 2.24) is 19.8 Å². The number of methoxy groups -OCH3 is 1. The summed E-state index contributed by atoms with van der Waals surface area (Å²) in [6, 6.07) is 18.9. The minimum Gasteiger partial charge on any atom is -0.385 e. The Hall–Kier alpha value is -2.70. The summed E-state index contributed by atoms with van der Waals surface area (Å²) in [6.07, 6.45) is 4.87. The molecule has 1 N–H and O–H groups in total. The van der Waals surface area contributed by atoms with Gasteiger partial charge in [-0.1, -0.05) is 18.2 Å². The van der Waals surface area contributed by atoms with E-state index in [1.807, 2.05) is 18.3 Å². The first-order chi connectivity index (χ1) is 14.2. The van der Waals surface area contributed by atoms with Crippen molar-refractivity contribution in [3.8, 4) is 5.69 Å². The summed E-state index contributed by atoms with van der Waals surface area (Å²) in [7, 11) is 1.73. The summed E-state index contributed by atoms with van der Waals surface area (Å²) >= 11 is 5.74. The van der Waals surface area contributed by atoms with Crippen molar-refractivity contribution < 1.29 is 4.74 Å². The third-order valence-electron chi connectivity index (χ3n) is 5.31. The highest BCUT2D eigenvalue weighted by atomic mass is 32.1. The van der Waals surface area contributed by atoms with Crippen LogP contribution < -0.4 is 5.32 Å². The molecule has 6 heteroatoms. The number of hydrogen-bond donors (Lipinski definition) is 1. The zero-order chi connectivity index (χ0) is 20.2. The number of nitrogens with zero attached hydrogens (tertiary/aromatic N) is 3. The highest BCUT2D eigenvalue weighted by Gasteiger charge is 2.40. The molecule has 1 fully saturated rings. The number of aryl methyl sites for hydroxylation is 1. The molecule has 0 bridgehead atoms. The van der Waals surface area contributed by atoms with Crippen LogP contribution in [-0.4, -0.2) is 39.8 Å². The third-order valence-corrected chi connectivity index (χ3v) is 5.66. The predicted molar refractivity (Wildman–Crippen MR) is 119 cm³/mol. The van der Waals surface area contributed by atoms with E-state index < -0.39 is 0 Å². The van der Waals surface area contributed by atoms with E-state index in [1.165, 1.54) is 11.3 Å². The lowest BCUT2D eigenvalue weighted by atomic mass is 10.0. The molecule has 4 rings (SSSR count). The van der Waals surface area contributed by atoms with Gasteiger partial charge in [0.2, 0.25) is 0 Å². The SMILES string of the molecule is COCCCN1C(=S)N[C@H](c2ccccn2)[C@@H]1c1cccn1-c1cccc(C)c1. The van der Waals surface area contributed by atoms with Crippen LogP contribution in [0.4, 0.5) is 0 Å². The second-order valence-electron chi connectivity index (χ2n) is 7.31. The van der Waals surface area contributed by atoms with Crippen molar-refractivity contribution in [2.45, 2.75) is 25.4 Å². The second kappa shape index (κ2) is 8.76. The Kier molecular flexibility index (Phi) is 5.92. The summed E-state index contributed by atoms with van der Waals surface area (Å²) < 4.78 is 7.53. The summed E-state index contributed by atoms with van der Waals surface area (Å²) in [4.78, 5) is 6.89. The Balaban J connectivity index is 1.76. The molecule has 1 aromatic carbocycles. The lowest BCUT2D eigenvalue weighted by Crippen LogP contribution is -2.32. The Morgan fingerprint density at radius 1 is 1.14 bits per heavy atom. The molecule has 1 aliphatic heterocycles. The van der Waals surface area contributed by atoms with Crippen LogP contribution in [-0.2, 0) is 4.74 Å². The standard InChI is InChI=1S/C23H26N4OS/c1-17-8-5-9-18(16-17)26-13-6-11-20(26)22-21(19-10-3-4-12-24-19)25-23(29)27(22)14-7-15-28-2/h3-6,8-13,16,21-22H,7,14-15H2,1-2H3,(H,25,29)/t21-,22+/m1/s1. The van der Waals surface area contributed by atoms with Gasteiger partial charge >= 0.3 is 0 Å². The van der Waals surface area contributed by atoms with Gasteiger partial charge in [-0.3, -0.25) is 4.98 Å². The average Bonchev–Trinajstić information content (AvgIpc) is 3.33. The van der Waals surface area contributed by atoms with Crippen LogP contribution in [0.5, 0.6) is 0 Å². The van der Waals surface area contributed by atoms with E-state index >= 15 is 0 Å². The van der Waals surface area contributed by atoms with E-state index in [0.29, 0.717) is 6.61 Å². The Morgan fingerprint density at radius 2 is 2.03 bits per heavy atom. The largest absolute Gasteiger partial charge is 0.385 e. The van der Waals surface area contributed by atoms with Gasteiger partial charge in [0.25, 0.3) is 0 Å². The molecule has 0 unspecified atom stereocenters. The highest BCUT2D eigenvalue weighted by molar-refractivity contribution is 7.80. The van der Waals surface area contributed by atoms with E-state index in [2.05, 4.69) is 75.4 Å². The molecule has 0 saturated carbocycles. The number of pyridine rings is 1. The van der Waals surface area contributed by atoms with Gasteiger partial charge in [0, 0.05) is 44.0 Å². The highest BCUT2D eigenvalue weighted by Crippen LogP contribution is 2.39. The zero-order valence-electron chi connectivity index (χ0n) is 16.8. The molecular formula is C23H26N4OS. The van der Waals surface area contributed by atoms with Gasteiger partial charge in [0.15, 0.2) is 5.11 Å². The molecule has 150 valence electrons. The number of aromatic nitrogens is 2. The van der Waals surface area contributed by atoms with Gasteiger partial charge in [-0.25, -0.2) is 0 Å². The quantitative estimate of drug-likeness (QED) is 0.471. The molecule has 1 saturated heterocycles. The molecule has 3 aromatic rings. The van der Waals surface area contributed by atoms with Crippen LogP contribution in [0, 0.1) is 6.92 Å². The number of thiocarbonyl (C=S) groups is 1. The maximum atomic E-state index is 5.74. The van der Waals surface area contributed by atoms with Crippen molar-refractivity contribution in [3.05, 3.63) is 83.9 Å². The minimum atomic E-state index is -0.00953. The lowest BCUT2D eigenvalue weighted by molar-refractivity contribution is 0.180. The lowest BCUT2D eigenvalue weighted by Gasteiger charge is -2.29. The first kappa shape index (κ1) is 19.6. The van der Waals surface area contributed by atoms with E-state index in [0.717, 1.165) is 29.5 Å². The monoisotopic (exact) mass is 406 g/mol. The summed E-state index contributed by atoms with van der Waals surface area (Å²) in [6.45, 7) is 3.65. The van der Waals surface area contributed by atoms with Crippen molar-refractivity contribution in [2.24, 2.45) is 0 Å². The van der Waals surface area contributed by atoms with Gasteiger partial charge in [-0.2, -0.15) is 0 Å². The molecular weight excluding hydrogens is 380 g/mol. The van der Waals surface area contributed by atoms with Crippen LogP contribution in [0.1, 0.15) is 35.5 Å². The first-order valence-electron chi connectivity index (χ1n) is 9.90. The third kappa shape index (κ3) is 4.04. The maximum Gasteiger partial charge on any atom is 0.170 e. The molecule has 0 spiro atoms. The molecule has 3 heterocycles.